The Kier molecular flexibility index (Phi) is 6.64. The molecular formula is C10H18Cl2N4. The second-order valence-electron chi connectivity index (χ2n) is 3.92. The van der Waals surface area contributed by atoms with Gasteiger partial charge in [-0.3, -0.25) is 0 Å². The zero-order valence-electron chi connectivity index (χ0n) is 9.46. The number of nitrogens with one attached hydrogen (secondary N) is 1. The van der Waals surface area contributed by atoms with E-state index in [0.717, 1.165) is 19.0 Å². The van der Waals surface area contributed by atoms with Crippen LogP contribution in [0.25, 0.3) is 0 Å². The summed E-state index contributed by atoms with van der Waals surface area (Å²) in [5.74, 6) is 0.840. The molecule has 1 N–H and O–H groups in total. The lowest BCUT2D eigenvalue weighted by atomic mass is 10.1. The van der Waals surface area contributed by atoms with Crippen LogP contribution in [0, 0.1) is 0 Å². The lowest BCUT2D eigenvalue weighted by molar-refractivity contribution is 0.403. The molecule has 1 saturated heterocycles. The van der Waals surface area contributed by atoms with E-state index in [1.54, 1.807) is 12.4 Å². The first-order valence-electron chi connectivity index (χ1n) is 5.03. The second kappa shape index (κ2) is 6.89. The average molecular weight is 265 g/mol. The standard InChI is InChI=1S/C10H16N4.2ClH/c1-8-6-14(7-9(2)13-8)10-11-4-3-5-12-10;;/h3-5,8-9,13H,6-7H2,1-2H3;2*1H. The molecule has 92 valence electrons. The van der Waals surface area contributed by atoms with Crippen molar-refractivity contribution in [2.24, 2.45) is 0 Å². The SMILES string of the molecule is CC1CN(c2ncccn2)CC(C)N1.Cl.Cl. The number of nitrogens with zero attached hydrogens (tertiary/aromatic N) is 3. The van der Waals surface area contributed by atoms with Crippen LogP contribution in [0.4, 0.5) is 5.95 Å². The molecule has 16 heavy (non-hydrogen) atoms. The van der Waals surface area contributed by atoms with E-state index in [1.807, 2.05) is 6.07 Å². The summed E-state index contributed by atoms with van der Waals surface area (Å²) in [7, 11) is 0. The van der Waals surface area contributed by atoms with Gasteiger partial charge in [0.15, 0.2) is 0 Å². The number of aromatic nitrogens is 2. The van der Waals surface area contributed by atoms with Crippen molar-refractivity contribution in [2.45, 2.75) is 25.9 Å². The van der Waals surface area contributed by atoms with Crippen molar-refractivity contribution in [3.63, 3.8) is 0 Å². The molecule has 0 saturated carbocycles. The van der Waals surface area contributed by atoms with Crippen LogP contribution in [-0.2, 0) is 0 Å². The van der Waals surface area contributed by atoms with Crippen molar-refractivity contribution < 1.29 is 0 Å². The molecule has 2 unspecified atom stereocenters. The van der Waals surface area contributed by atoms with Gasteiger partial charge in [0.25, 0.3) is 0 Å². The van der Waals surface area contributed by atoms with Gasteiger partial charge in [-0.05, 0) is 19.9 Å². The number of halogens is 2. The number of piperazine rings is 1. The first kappa shape index (κ1) is 15.4. The highest BCUT2D eigenvalue weighted by atomic mass is 35.5. The molecule has 0 aromatic carbocycles. The minimum absolute atomic E-state index is 0. The van der Waals surface area contributed by atoms with Gasteiger partial charge in [0, 0.05) is 37.6 Å². The third kappa shape index (κ3) is 3.77. The Labute approximate surface area is 109 Å². The maximum absolute atomic E-state index is 4.26. The third-order valence-corrected chi connectivity index (χ3v) is 2.39. The zero-order chi connectivity index (χ0) is 9.97. The highest BCUT2D eigenvalue weighted by Gasteiger charge is 2.22. The molecule has 1 aromatic rings. The summed E-state index contributed by atoms with van der Waals surface area (Å²) < 4.78 is 0. The molecule has 1 aliphatic rings. The lowest BCUT2D eigenvalue weighted by Gasteiger charge is -2.35. The summed E-state index contributed by atoms with van der Waals surface area (Å²) in [6.45, 7) is 6.33. The monoisotopic (exact) mass is 264 g/mol. The molecule has 0 aliphatic carbocycles. The summed E-state index contributed by atoms with van der Waals surface area (Å²) in [5, 5.41) is 3.48. The second-order valence-corrected chi connectivity index (χ2v) is 3.92. The molecule has 2 rings (SSSR count). The first-order valence-corrected chi connectivity index (χ1v) is 5.03. The van der Waals surface area contributed by atoms with Crippen molar-refractivity contribution in [3.05, 3.63) is 18.5 Å². The molecule has 1 fully saturated rings. The van der Waals surface area contributed by atoms with Crippen LogP contribution in [-0.4, -0.2) is 35.1 Å². The topological polar surface area (TPSA) is 41.1 Å². The van der Waals surface area contributed by atoms with Gasteiger partial charge in [-0.2, -0.15) is 0 Å². The molecule has 1 aliphatic heterocycles. The number of hydrogen-bond acceptors (Lipinski definition) is 4. The summed E-state index contributed by atoms with van der Waals surface area (Å²) in [6.07, 6.45) is 3.58. The third-order valence-electron chi connectivity index (χ3n) is 2.39. The molecule has 0 amide bonds. The van der Waals surface area contributed by atoms with Gasteiger partial charge < -0.3 is 10.2 Å². The van der Waals surface area contributed by atoms with Crippen LogP contribution in [0.5, 0.6) is 0 Å². The fraction of sp³-hybridized carbons (Fsp3) is 0.600. The summed E-state index contributed by atoms with van der Waals surface area (Å²) in [6, 6.07) is 2.85. The van der Waals surface area contributed by atoms with Gasteiger partial charge in [0.2, 0.25) is 5.95 Å². The van der Waals surface area contributed by atoms with E-state index in [9.17, 15) is 0 Å². The Morgan fingerprint density at radius 1 is 1.12 bits per heavy atom. The maximum Gasteiger partial charge on any atom is 0.225 e. The quantitative estimate of drug-likeness (QED) is 0.835. The molecule has 0 radical (unpaired) electrons. The zero-order valence-corrected chi connectivity index (χ0v) is 11.1. The van der Waals surface area contributed by atoms with Crippen molar-refractivity contribution in [1.29, 1.82) is 0 Å². The predicted octanol–water partition coefficient (Wildman–Crippen LogP) is 1.51. The number of anilines is 1. The highest BCUT2D eigenvalue weighted by Crippen LogP contribution is 2.10. The molecule has 4 nitrogen and oxygen atoms in total. The van der Waals surface area contributed by atoms with Crippen molar-refractivity contribution in [2.75, 3.05) is 18.0 Å². The number of hydrogen-bond donors (Lipinski definition) is 1. The Morgan fingerprint density at radius 2 is 1.62 bits per heavy atom. The van der Waals surface area contributed by atoms with Crippen LogP contribution in [0.2, 0.25) is 0 Å². The average Bonchev–Trinajstić information content (AvgIpc) is 2.18. The van der Waals surface area contributed by atoms with E-state index in [2.05, 4.69) is 34.0 Å². The first-order chi connectivity index (χ1) is 6.75. The van der Waals surface area contributed by atoms with E-state index in [1.165, 1.54) is 0 Å². The highest BCUT2D eigenvalue weighted by molar-refractivity contribution is 5.85. The minimum atomic E-state index is 0. The van der Waals surface area contributed by atoms with Crippen LogP contribution >= 0.6 is 24.8 Å². The molecular weight excluding hydrogens is 247 g/mol. The van der Waals surface area contributed by atoms with Gasteiger partial charge >= 0.3 is 0 Å². The van der Waals surface area contributed by atoms with E-state index in [4.69, 9.17) is 0 Å². The van der Waals surface area contributed by atoms with Crippen molar-refractivity contribution >= 4 is 30.8 Å². The Balaban J connectivity index is 0.00000112. The molecule has 0 spiro atoms. The van der Waals surface area contributed by atoms with Gasteiger partial charge in [-0.15, -0.1) is 24.8 Å². The largest absolute Gasteiger partial charge is 0.338 e. The van der Waals surface area contributed by atoms with E-state index in [-0.39, 0.29) is 24.8 Å². The van der Waals surface area contributed by atoms with Gasteiger partial charge in [-0.1, -0.05) is 0 Å². The maximum atomic E-state index is 4.26. The normalized spacial score (nSPS) is 24.2. The lowest BCUT2D eigenvalue weighted by Crippen LogP contribution is -2.54. The Bertz CT molecular complexity index is 286. The van der Waals surface area contributed by atoms with E-state index in [0.29, 0.717) is 12.1 Å². The van der Waals surface area contributed by atoms with Crippen LogP contribution in [0.1, 0.15) is 13.8 Å². The van der Waals surface area contributed by atoms with Gasteiger partial charge in [-0.25, -0.2) is 9.97 Å². The molecule has 6 heteroatoms. The summed E-state index contributed by atoms with van der Waals surface area (Å²) >= 11 is 0. The van der Waals surface area contributed by atoms with E-state index >= 15 is 0 Å². The molecule has 0 bridgehead atoms. The van der Waals surface area contributed by atoms with Gasteiger partial charge in [0.05, 0.1) is 0 Å². The summed E-state index contributed by atoms with van der Waals surface area (Å²) in [4.78, 5) is 10.7. The molecule has 2 atom stereocenters. The fourth-order valence-corrected chi connectivity index (χ4v) is 1.94. The Hall–Kier alpha value is -0.580. The summed E-state index contributed by atoms with van der Waals surface area (Å²) in [5.41, 5.74) is 0. The Morgan fingerprint density at radius 3 is 2.12 bits per heavy atom. The van der Waals surface area contributed by atoms with Crippen LogP contribution in [0.15, 0.2) is 18.5 Å². The molecule has 1 aromatic heterocycles. The van der Waals surface area contributed by atoms with Crippen molar-refractivity contribution in [3.8, 4) is 0 Å². The smallest absolute Gasteiger partial charge is 0.225 e. The fourth-order valence-electron chi connectivity index (χ4n) is 1.94. The van der Waals surface area contributed by atoms with E-state index < -0.39 is 0 Å². The van der Waals surface area contributed by atoms with Crippen molar-refractivity contribution in [1.82, 2.24) is 15.3 Å². The van der Waals surface area contributed by atoms with Crippen LogP contribution < -0.4 is 10.2 Å². The minimum Gasteiger partial charge on any atom is -0.338 e. The van der Waals surface area contributed by atoms with Crippen LogP contribution in [0.3, 0.4) is 0 Å². The number of rotatable bonds is 1. The van der Waals surface area contributed by atoms with Gasteiger partial charge in [0.1, 0.15) is 0 Å². The predicted molar refractivity (Wildman–Crippen MR) is 70.8 cm³/mol. The molecule has 2 heterocycles.